The summed E-state index contributed by atoms with van der Waals surface area (Å²) in [6.07, 6.45) is 0. The lowest BCUT2D eigenvalue weighted by molar-refractivity contribution is -0.143. The van der Waals surface area contributed by atoms with Crippen LogP contribution in [0, 0.1) is 5.92 Å². The van der Waals surface area contributed by atoms with Gasteiger partial charge in [-0.3, -0.25) is 4.79 Å². The van der Waals surface area contributed by atoms with E-state index in [0.717, 1.165) is 6.54 Å². The fraction of sp³-hybridized carbons (Fsp3) is 0.875. The molecule has 1 amide bonds. The molecule has 1 rings (SSSR count). The number of carbonyl (C=O) groups excluding carboxylic acids is 1. The molecule has 12 heavy (non-hydrogen) atoms. The molecular formula is C8H16N2O2. The number of hydrogen-bond donors (Lipinski definition) is 1. The minimum Gasteiger partial charge on any atom is -0.370 e. The molecule has 1 fully saturated rings. The second-order valence-electron chi connectivity index (χ2n) is 3.23. The van der Waals surface area contributed by atoms with E-state index in [4.69, 9.17) is 10.5 Å². The van der Waals surface area contributed by atoms with Crippen molar-refractivity contribution in [3.05, 3.63) is 0 Å². The van der Waals surface area contributed by atoms with Gasteiger partial charge in [0, 0.05) is 13.1 Å². The zero-order valence-electron chi connectivity index (χ0n) is 7.45. The molecule has 1 atom stereocenters. The highest BCUT2D eigenvalue weighted by Gasteiger charge is 2.19. The van der Waals surface area contributed by atoms with Crippen LogP contribution in [0.1, 0.15) is 6.92 Å². The average molecular weight is 172 g/mol. The van der Waals surface area contributed by atoms with E-state index >= 15 is 0 Å². The fourth-order valence-electron chi connectivity index (χ4n) is 1.19. The molecule has 1 aliphatic rings. The van der Waals surface area contributed by atoms with Gasteiger partial charge < -0.3 is 15.4 Å². The van der Waals surface area contributed by atoms with Crippen molar-refractivity contribution in [1.29, 1.82) is 0 Å². The molecule has 4 heteroatoms. The lowest BCUT2D eigenvalue weighted by Gasteiger charge is -2.28. The van der Waals surface area contributed by atoms with Crippen molar-refractivity contribution in [2.45, 2.75) is 6.92 Å². The second-order valence-corrected chi connectivity index (χ2v) is 3.23. The summed E-state index contributed by atoms with van der Waals surface area (Å²) in [6.45, 7) is 5.04. The molecule has 0 saturated carbocycles. The van der Waals surface area contributed by atoms with E-state index in [1.165, 1.54) is 0 Å². The largest absolute Gasteiger partial charge is 0.370 e. The molecule has 1 saturated heterocycles. The first-order valence-electron chi connectivity index (χ1n) is 4.29. The molecule has 70 valence electrons. The quantitative estimate of drug-likeness (QED) is 0.621. The van der Waals surface area contributed by atoms with Gasteiger partial charge in [0.05, 0.1) is 6.61 Å². The van der Waals surface area contributed by atoms with Crippen LogP contribution in [0.5, 0.6) is 0 Å². The minimum atomic E-state index is 0.0848. The predicted molar refractivity (Wildman–Crippen MR) is 45.6 cm³/mol. The summed E-state index contributed by atoms with van der Waals surface area (Å²) in [6, 6.07) is 0. The van der Waals surface area contributed by atoms with Gasteiger partial charge in [0.15, 0.2) is 0 Å². The van der Waals surface area contributed by atoms with Crippen LogP contribution in [-0.4, -0.2) is 43.7 Å². The monoisotopic (exact) mass is 172 g/mol. The molecule has 0 aromatic rings. The Morgan fingerprint density at radius 3 is 3.08 bits per heavy atom. The van der Waals surface area contributed by atoms with Crippen molar-refractivity contribution in [2.24, 2.45) is 11.7 Å². The van der Waals surface area contributed by atoms with Crippen molar-refractivity contribution in [3.8, 4) is 0 Å². The van der Waals surface area contributed by atoms with Crippen LogP contribution in [-0.2, 0) is 9.53 Å². The lowest BCUT2D eigenvalue weighted by Crippen LogP contribution is -2.44. The van der Waals surface area contributed by atoms with E-state index in [1.54, 1.807) is 0 Å². The summed E-state index contributed by atoms with van der Waals surface area (Å²) >= 11 is 0. The van der Waals surface area contributed by atoms with Gasteiger partial charge in [0.1, 0.15) is 6.61 Å². The van der Waals surface area contributed by atoms with E-state index in [0.29, 0.717) is 25.6 Å². The molecule has 0 radical (unpaired) electrons. The van der Waals surface area contributed by atoms with Crippen LogP contribution in [0.3, 0.4) is 0 Å². The Morgan fingerprint density at radius 2 is 2.50 bits per heavy atom. The molecule has 1 heterocycles. The molecule has 0 aromatic carbocycles. The fourth-order valence-corrected chi connectivity index (χ4v) is 1.19. The number of rotatable bonds is 3. The highest BCUT2D eigenvalue weighted by molar-refractivity contribution is 5.77. The number of morpholine rings is 1. The van der Waals surface area contributed by atoms with Gasteiger partial charge in [-0.2, -0.15) is 0 Å². The smallest absolute Gasteiger partial charge is 0.248 e. The van der Waals surface area contributed by atoms with E-state index in [1.807, 2.05) is 11.8 Å². The van der Waals surface area contributed by atoms with Gasteiger partial charge in [-0.1, -0.05) is 6.92 Å². The van der Waals surface area contributed by atoms with Gasteiger partial charge in [-0.25, -0.2) is 0 Å². The minimum absolute atomic E-state index is 0.0848. The number of carbonyl (C=O) groups is 1. The maximum absolute atomic E-state index is 11.2. The van der Waals surface area contributed by atoms with Crippen molar-refractivity contribution in [1.82, 2.24) is 4.90 Å². The van der Waals surface area contributed by atoms with Crippen LogP contribution in [0.25, 0.3) is 0 Å². The van der Waals surface area contributed by atoms with E-state index < -0.39 is 0 Å². The van der Waals surface area contributed by atoms with Gasteiger partial charge in [0.2, 0.25) is 5.91 Å². The number of amides is 1. The highest BCUT2D eigenvalue weighted by Crippen LogP contribution is 2.02. The first kappa shape index (κ1) is 9.48. The maximum Gasteiger partial charge on any atom is 0.248 e. The van der Waals surface area contributed by atoms with Gasteiger partial charge >= 0.3 is 0 Å². The predicted octanol–water partition coefficient (Wildman–Crippen LogP) is -0.560. The summed E-state index contributed by atoms with van der Waals surface area (Å²) in [5.41, 5.74) is 5.47. The van der Waals surface area contributed by atoms with E-state index in [9.17, 15) is 4.79 Å². The third-order valence-corrected chi connectivity index (χ3v) is 2.02. The van der Waals surface area contributed by atoms with Crippen molar-refractivity contribution in [2.75, 3.05) is 32.8 Å². The SMILES string of the molecule is CC(CN)CN1CCOCC1=O. The van der Waals surface area contributed by atoms with Gasteiger partial charge in [-0.05, 0) is 12.5 Å². The molecule has 0 aliphatic carbocycles. The number of nitrogens with zero attached hydrogens (tertiary/aromatic N) is 1. The Bertz CT molecular complexity index is 161. The Kier molecular flexibility index (Phi) is 3.49. The Labute approximate surface area is 72.7 Å². The Balaban J connectivity index is 2.34. The molecule has 1 aliphatic heterocycles. The topological polar surface area (TPSA) is 55.6 Å². The first-order valence-corrected chi connectivity index (χ1v) is 4.29. The van der Waals surface area contributed by atoms with Gasteiger partial charge in [-0.15, -0.1) is 0 Å². The molecule has 0 aromatic heterocycles. The number of hydrogen-bond acceptors (Lipinski definition) is 3. The van der Waals surface area contributed by atoms with E-state index in [2.05, 4.69) is 0 Å². The zero-order chi connectivity index (χ0) is 8.97. The summed E-state index contributed by atoms with van der Waals surface area (Å²) in [4.78, 5) is 13.0. The lowest BCUT2D eigenvalue weighted by atomic mass is 10.1. The van der Waals surface area contributed by atoms with Crippen LogP contribution >= 0.6 is 0 Å². The first-order chi connectivity index (χ1) is 5.74. The van der Waals surface area contributed by atoms with Crippen LogP contribution < -0.4 is 5.73 Å². The normalized spacial score (nSPS) is 21.2. The zero-order valence-corrected chi connectivity index (χ0v) is 7.45. The number of nitrogens with two attached hydrogens (primary N) is 1. The average Bonchev–Trinajstić information content (AvgIpc) is 2.09. The molecular weight excluding hydrogens is 156 g/mol. The van der Waals surface area contributed by atoms with Crippen molar-refractivity contribution < 1.29 is 9.53 Å². The second kappa shape index (κ2) is 4.42. The van der Waals surface area contributed by atoms with Gasteiger partial charge in [0.25, 0.3) is 0 Å². The van der Waals surface area contributed by atoms with Crippen molar-refractivity contribution >= 4 is 5.91 Å². The molecule has 2 N–H and O–H groups in total. The Morgan fingerprint density at radius 1 is 1.75 bits per heavy atom. The number of ether oxygens (including phenoxy) is 1. The third-order valence-electron chi connectivity index (χ3n) is 2.02. The van der Waals surface area contributed by atoms with Crippen LogP contribution in [0.15, 0.2) is 0 Å². The van der Waals surface area contributed by atoms with E-state index in [-0.39, 0.29) is 12.5 Å². The summed E-state index contributed by atoms with van der Waals surface area (Å²) in [5, 5.41) is 0. The summed E-state index contributed by atoms with van der Waals surface area (Å²) in [5.74, 6) is 0.466. The standard InChI is InChI=1S/C8H16N2O2/c1-7(4-9)5-10-2-3-12-6-8(10)11/h7H,2-6,9H2,1H3. The molecule has 0 bridgehead atoms. The molecule has 4 nitrogen and oxygen atoms in total. The maximum atomic E-state index is 11.2. The van der Waals surface area contributed by atoms with Crippen LogP contribution in [0.4, 0.5) is 0 Å². The summed E-state index contributed by atoms with van der Waals surface area (Å²) < 4.78 is 5.00. The van der Waals surface area contributed by atoms with Crippen LogP contribution in [0.2, 0.25) is 0 Å². The molecule has 0 spiro atoms. The third kappa shape index (κ3) is 2.46. The molecule has 1 unspecified atom stereocenters. The highest BCUT2D eigenvalue weighted by atomic mass is 16.5. The summed E-state index contributed by atoms with van der Waals surface area (Å²) in [7, 11) is 0. The van der Waals surface area contributed by atoms with Crippen molar-refractivity contribution in [3.63, 3.8) is 0 Å². The Hall–Kier alpha value is -0.610.